The van der Waals surface area contributed by atoms with Crippen molar-refractivity contribution in [2.45, 2.75) is 63.3 Å². The van der Waals surface area contributed by atoms with Crippen molar-refractivity contribution >= 4 is 71.6 Å². The molecule has 0 N–H and O–H groups in total. The highest BCUT2D eigenvalue weighted by Crippen LogP contribution is 2.48. The highest BCUT2D eigenvalue weighted by Gasteiger charge is 2.46. The highest BCUT2D eigenvalue weighted by molar-refractivity contribution is 9.26. The number of hydrogen-bond donors (Lipinski definition) is 0. The third-order valence-electron chi connectivity index (χ3n) is 4.22. The van der Waals surface area contributed by atoms with Crippen molar-refractivity contribution in [1.29, 1.82) is 0 Å². The van der Waals surface area contributed by atoms with Gasteiger partial charge < -0.3 is 13.3 Å². The van der Waals surface area contributed by atoms with E-state index >= 15 is 0 Å². The van der Waals surface area contributed by atoms with Gasteiger partial charge in [0.15, 0.2) is 4.34 Å². The van der Waals surface area contributed by atoms with Gasteiger partial charge in [0.05, 0.1) is 10.2 Å². The first-order valence-electron chi connectivity index (χ1n) is 10.5. The van der Waals surface area contributed by atoms with Gasteiger partial charge in [0, 0.05) is 31.1 Å². The smallest absolute Gasteiger partial charge is 0.373 e. The fourth-order valence-electron chi connectivity index (χ4n) is 2.67. The second-order valence-corrected chi connectivity index (χ2v) is 17.1. The molecule has 1 aromatic heterocycles. The van der Waals surface area contributed by atoms with Crippen LogP contribution >= 0.6 is 52.6 Å². The van der Waals surface area contributed by atoms with Gasteiger partial charge in [0.1, 0.15) is 0 Å². The lowest BCUT2D eigenvalue weighted by atomic mass is 10.3. The molecule has 0 saturated heterocycles. The van der Waals surface area contributed by atoms with E-state index in [4.69, 9.17) is 13.3 Å². The Morgan fingerprint density at radius 2 is 1.60 bits per heavy atom. The maximum atomic E-state index is 6.27. The Labute approximate surface area is 202 Å². The first-order chi connectivity index (χ1) is 14.6. The summed E-state index contributed by atoms with van der Waals surface area (Å²) in [5.41, 5.74) is 1.39. The molecule has 170 valence electrons. The van der Waals surface area contributed by atoms with Gasteiger partial charge in [-0.2, -0.15) is 0 Å². The molecule has 0 bridgehead atoms. The van der Waals surface area contributed by atoms with E-state index in [2.05, 4.69) is 50.9 Å². The van der Waals surface area contributed by atoms with E-state index in [0.29, 0.717) is 25.4 Å². The standard InChI is InChI=1S/C20H33NO3S5Si/c1-5-13-22-30(23-14-6-2,24-15-7-3)17(4)12-16-25-28-29-27-20-21-18-10-8-9-11-19(18)26-20/h8-11,17H,5-7,12-16H2,1-4H3. The van der Waals surface area contributed by atoms with Crippen LogP contribution in [-0.4, -0.2) is 39.4 Å². The predicted molar refractivity (Wildman–Crippen MR) is 142 cm³/mol. The van der Waals surface area contributed by atoms with Crippen molar-refractivity contribution in [3.63, 3.8) is 0 Å². The van der Waals surface area contributed by atoms with E-state index in [-0.39, 0.29) is 0 Å². The molecule has 0 aliphatic carbocycles. The predicted octanol–water partition coefficient (Wildman–Crippen LogP) is 8.33. The topological polar surface area (TPSA) is 40.6 Å². The molecule has 0 saturated carbocycles. The van der Waals surface area contributed by atoms with Crippen molar-refractivity contribution in [3.05, 3.63) is 24.3 Å². The number of benzene rings is 1. The van der Waals surface area contributed by atoms with E-state index < -0.39 is 8.80 Å². The maximum absolute atomic E-state index is 6.27. The van der Waals surface area contributed by atoms with Crippen LogP contribution in [0.15, 0.2) is 28.6 Å². The summed E-state index contributed by atoms with van der Waals surface area (Å²) < 4.78 is 21.2. The van der Waals surface area contributed by atoms with E-state index in [9.17, 15) is 0 Å². The molecule has 4 nitrogen and oxygen atoms in total. The number of aromatic nitrogens is 1. The van der Waals surface area contributed by atoms with Crippen LogP contribution in [0.5, 0.6) is 0 Å². The molecule has 0 spiro atoms. The molecular formula is C20H33NO3S5Si. The van der Waals surface area contributed by atoms with Crippen LogP contribution in [0.4, 0.5) is 0 Å². The third-order valence-corrected chi connectivity index (χ3v) is 15.1. The molecular weight excluding hydrogens is 491 g/mol. The number of hydrogen-bond acceptors (Lipinski definition) is 9. The van der Waals surface area contributed by atoms with Crippen molar-refractivity contribution < 1.29 is 13.3 Å². The molecule has 2 rings (SSSR count). The van der Waals surface area contributed by atoms with Crippen LogP contribution in [0, 0.1) is 0 Å². The van der Waals surface area contributed by atoms with Crippen LogP contribution in [0.1, 0.15) is 53.4 Å². The summed E-state index contributed by atoms with van der Waals surface area (Å²) in [5.74, 6) is 1.05. The average molecular weight is 524 g/mol. The Morgan fingerprint density at radius 3 is 2.20 bits per heavy atom. The zero-order valence-electron chi connectivity index (χ0n) is 18.3. The van der Waals surface area contributed by atoms with E-state index in [0.717, 1.165) is 41.3 Å². The fraction of sp³-hybridized carbons (Fsp3) is 0.650. The Hall–Kier alpha value is 0.607. The minimum Gasteiger partial charge on any atom is -0.373 e. The first kappa shape index (κ1) is 26.9. The summed E-state index contributed by atoms with van der Waals surface area (Å²) >= 11 is 1.76. The van der Waals surface area contributed by atoms with E-state index in [1.54, 1.807) is 32.0 Å². The van der Waals surface area contributed by atoms with Crippen LogP contribution < -0.4 is 0 Å². The van der Waals surface area contributed by atoms with E-state index in [1.807, 2.05) is 26.7 Å². The van der Waals surface area contributed by atoms with Gasteiger partial charge >= 0.3 is 8.80 Å². The quantitative estimate of drug-likeness (QED) is 0.116. The Balaban J connectivity index is 1.76. The number of rotatable bonds is 17. The summed E-state index contributed by atoms with van der Waals surface area (Å²) in [5, 5.41) is 0. The van der Waals surface area contributed by atoms with Crippen molar-refractivity contribution in [2.75, 3.05) is 25.6 Å². The highest BCUT2D eigenvalue weighted by atomic mass is 33.7. The van der Waals surface area contributed by atoms with E-state index in [1.165, 1.54) is 4.70 Å². The zero-order chi connectivity index (χ0) is 21.7. The molecule has 1 unspecified atom stereocenters. The van der Waals surface area contributed by atoms with Gasteiger partial charge in [-0.25, -0.2) is 4.98 Å². The molecule has 0 fully saturated rings. The minimum absolute atomic E-state index is 0.303. The number of nitrogens with zero attached hydrogens (tertiary/aromatic N) is 1. The second kappa shape index (κ2) is 15.4. The van der Waals surface area contributed by atoms with Crippen LogP contribution in [-0.2, 0) is 13.3 Å². The summed E-state index contributed by atoms with van der Waals surface area (Å²) in [4.78, 5) is 4.67. The lowest BCUT2D eigenvalue weighted by Crippen LogP contribution is -2.50. The summed E-state index contributed by atoms with van der Waals surface area (Å²) in [6.07, 6.45) is 3.98. The third kappa shape index (κ3) is 8.86. The SMILES string of the molecule is CCCO[Si](OCCC)(OCCC)C(C)CCSSSSc1nc2ccccc2s1. The molecule has 0 amide bonds. The van der Waals surface area contributed by atoms with Crippen molar-refractivity contribution in [3.8, 4) is 0 Å². The van der Waals surface area contributed by atoms with Gasteiger partial charge in [-0.05, 0) is 68.3 Å². The number of para-hydroxylation sites is 1. The zero-order valence-corrected chi connectivity index (χ0v) is 23.3. The summed E-state index contributed by atoms with van der Waals surface area (Å²) in [6, 6.07) is 8.30. The van der Waals surface area contributed by atoms with Crippen LogP contribution in [0.25, 0.3) is 10.2 Å². The summed E-state index contributed by atoms with van der Waals surface area (Å²) in [7, 11) is 4.59. The molecule has 10 heteroatoms. The monoisotopic (exact) mass is 523 g/mol. The van der Waals surface area contributed by atoms with Gasteiger partial charge in [-0.1, -0.05) is 50.6 Å². The van der Waals surface area contributed by atoms with Crippen molar-refractivity contribution in [1.82, 2.24) is 4.98 Å². The number of thiazole rings is 1. The van der Waals surface area contributed by atoms with Gasteiger partial charge in [0.2, 0.25) is 0 Å². The van der Waals surface area contributed by atoms with Crippen LogP contribution in [0.3, 0.4) is 0 Å². The molecule has 1 heterocycles. The average Bonchev–Trinajstić information content (AvgIpc) is 3.18. The lowest BCUT2D eigenvalue weighted by molar-refractivity contribution is 0.0505. The largest absolute Gasteiger partial charge is 0.503 e. The fourth-order valence-corrected chi connectivity index (χ4v) is 13.4. The molecule has 0 aliphatic heterocycles. The van der Waals surface area contributed by atoms with Gasteiger partial charge in [-0.3, -0.25) is 0 Å². The second-order valence-electron chi connectivity index (χ2n) is 6.83. The van der Waals surface area contributed by atoms with Gasteiger partial charge in [0.25, 0.3) is 0 Å². The number of fused-ring (bicyclic) bond motifs is 1. The molecule has 1 atom stereocenters. The van der Waals surface area contributed by atoms with Crippen LogP contribution in [0.2, 0.25) is 5.54 Å². The molecule has 30 heavy (non-hydrogen) atoms. The minimum atomic E-state index is -2.64. The Bertz CT molecular complexity index is 666. The summed E-state index contributed by atoms with van der Waals surface area (Å²) in [6.45, 7) is 10.8. The Morgan fingerprint density at radius 1 is 0.967 bits per heavy atom. The van der Waals surface area contributed by atoms with Crippen molar-refractivity contribution in [2.24, 2.45) is 0 Å². The first-order valence-corrected chi connectivity index (χ1v) is 18.2. The van der Waals surface area contributed by atoms with Gasteiger partial charge in [-0.15, -0.1) is 11.3 Å². The molecule has 0 radical (unpaired) electrons. The molecule has 2 aromatic rings. The maximum Gasteiger partial charge on any atom is 0.503 e. The lowest BCUT2D eigenvalue weighted by Gasteiger charge is -2.34. The molecule has 1 aromatic carbocycles. The normalized spacial score (nSPS) is 13.2. The molecule has 0 aliphatic rings. The Kier molecular flexibility index (Phi) is 13.8.